The first kappa shape index (κ1) is 15.0. The second kappa shape index (κ2) is 6.86. The van der Waals surface area contributed by atoms with Gasteiger partial charge in [-0.1, -0.05) is 19.4 Å². The Bertz CT molecular complexity index is 468. The van der Waals surface area contributed by atoms with E-state index in [2.05, 4.69) is 22.8 Å². The highest BCUT2D eigenvalue weighted by molar-refractivity contribution is 7.92. The molecular weight excluding hydrogens is 278 g/mol. The highest BCUT2D eigenvalue weighted by Crippen LogP contribution is 2.25. The van der Waals surface area contributed by atoms with Gasteiger partial charge >= 0.3 is 0 Å². The van der Waals surface area contributed by atoms with Crippen molar-refractivity contribution >= 4 is 21.2 Å². The van der Waals surface area contributed by atoms with Crippen molar-refractivity contribution in [3.05, 3.63) is 22.4 Å². The Kier molecular flexibility index (Phi) is 5.42. The second-order valence-electron chi connectivity index (χ2n) is 5.18. The minimum atomic E-state index is -2.90. The lowest BCUT2D eigenvalue weighted by Gasteiger charge is -2.30. The number of sulfone groups is 1. The molecule has 0 aromatic carbocycles. The summed E-state index contributed by atoms with van der Waals surface area (Å²) in [6, 6.07) is 4.29. The van der Waals surface area contributed by atoms with Crippen LogP contribution >= 0.6 is 11.3 Å². The van der Waals surface area contributed by atoms with Gasteiger partial charge in [0.15, 0.2) is 9.84 Å². The molecule has 1 saturated heterocycles. The fourth-order valence-corrected chi connectivity index (χ4v) is 5.76. The maximum Gasteiger partial charge on any atom is 0.154 e. The topological polar surface area (TPSA) is 46.2 Å². The van der Waals surface area contributed by atoms with E-state index >= 15 is 0 Å². The Labute approximate surface area is 120 Å². The summed E-state index contributed by atoms with van der Waals surface area (Å²) in [5.74, 6) is 0.374. The number of hydrogen-bond donors (Lipinski definition) is 1. The van der Waals surface area contributed by atoms with E-state index in [0.29, 0.717) is 5.75 Å². The van der Waals surface area contributed by atoms with E-state index in [1.54, 1.807) is 11.3 Å². The molecule has 3 nitrogen and oxygen atoms in total. The first-order valence-electron chi connectivity index (χ1n) is 7.11. The van der Waals surface area contributed by atoms with Gasteiger partial charge in [-0.15, -0.1) is 11.3 Å². The summed E-state index contributed by atoms with van der Waals surface area (Å²) in [6.07, 6.45) is 4.59. The molecule has 5 heteroatoms. The summed E-state index contributed by atoms with van der Waals surface area (Å²) < 4.78 is 24.4. The van der Waals surface area contributed by atoms with Crippen LogP contribution in [0.25, 0.3) is 0 Å². The molecule has 108 valence electrons. The van der Waals surface area contributed by atoms with Crippen molar-refractivity contribution in [2.45, 2.75) is 50.3 Å². The number of aryl methyl sites for hydroxylation is 1. The number of thiophene rings is 1. The number of nitrogens with one attached hydrogen (secondary N) is 1. The first-order chi connectivity index (χ1) is 9.13. The van der Waals surface area contributed by atoms with Crippen LogP contribution in [0.1, 0.15) is 37.5 Å². The van der Waals surface area contributed by atoms with Gasteiger partial charge in [0.2, 0.25) is 0 Å². The smallest absolute Gasteiger partial charge is 0.154 e. The molecule has 1 aliphatic rings. The van der Waals surface area contributed by atoms with E-state index in [-0.39, 0.29) is 11.3 Å². The third kappa shape index (κ3) is 4.04. The van der Waals surface area contributed by atoms with Crippen LogP contribution in [0.5, 0.6) is 0 Å². The molecule has 2 atom stereocenters. The summed E-state index contributed by atoms with van der Waals surface area (Å²) in [4.78, 5) is 1.34. The minimum absolute atomic E-state index is 0.109. The van der Waals surface area contributed by atoms with Crippen molar-refractivity contribution in [1.82, 2.24) is 5.32 Å². The highest BCUT2D eigenvalue weighted by Gasteiger charge is 2.34. The van der Waals surface area contributed by atoms with Crippen molar-refractivity contribution in [3.8, 4) is 0 Å². The summed E-state index contributed by atoms with van der Waals surface area (Å²) in [7, 11) is -2.90. The largest absolute Gasteiger partial charge is 0.313 e. The first-order valence-corrected chi connectivity index (χ1v) is 9.70. The average Bonchev–Trinajstić information content (AvgIpc) is 2.87. The monoisotopic (exact) mass is 301 g/mol. The summed E-state index contributed by atoms with van der Waals surface area (Å²) >= 11 is 1.75. The molecule has 0 bridgehead atoms. The van der Waals surface area contributed by atoms with Gasteiger partial charge in [-0.05, 0) is 43.7 Å². The van der Waals surface area contributed by atoms with Gasteiger partial charge in [0.05, 0.1) is 11.0 Å². The van der Waals surface area contributed by atoms with Crippen LogP contribution in [0.3, 0.4) is 0 Å². The van der Waals surface area contributed by atoms with Crippen LogP contribution < -0.4 is 5.32 Å². The van der Waals surface area contributed by atoms with Gasteiger partial charge in [-0.3, -0.25) is 0 Å². The lowest BCUT2D eigenvalue weighted by atomic mass is 10.0. The van der Waals surface area contributed by atoms with Crippen molar-refractivity contribution in [3.63, 3.8) is 0 Å². The predicted molar refractivity (Wildman–Crippen MR) is 81.5 cm³/mol. The Morgan fingerprint density at radius 3 is 2.95 bits per heavy atom. The molecule has 1 aromatic rings. The Balaban J connectivity index is 2.01. The van der Waals surface area contributed by atoms with Crippen molar-refractivity contribution in [2.75, 3.05) is 12.3 Å². The van der Waals surface area contributed by atoms with Crippen LogP contribution in [-0.4, -0.2) is 32.0 Å². The molecule has 0 radical (unpaired) electrons. The molecule has 2 unspecified atom stereocenters. The fourth-order valence-electron chi connectivity index (χ4n) is 2.87. The van der Waals surface area contributed by atoms with Gasteiger partial charge in [-0.25, -0.2) is 8.42 Å². The van der Waals surface area contributed by atoms with Crippen LogP contribution in [0, 0.1) is 0 Å². The molecule has 1 fully saturated rings. The lowest BCUT2D eigenvalue weighted by molar-refractivity contribution is 0.424. The average molecular weight is 301 g/mol. The van der Waals surface area contributed by atoms with E-state index in [4.69, 9.17) is 0 Å². The van der Waals surface area contributed by atoms with E-state index in [1.165, 1.54) is 4.88 Å². The van der Waals surface area contributed by atoms with Crippen LogP contribution in [0.2, 0.25) is 0 Å². The molecule has 0 aliphatic carbocycles. The maximum atomic E-state index is 12.2. The highest BCUT2D eigenvalue weighted by atomic mass is 32.2. The second-order valence-corrected chi connectivity index (χ2v) is 8.56. The third-order valence-electron chi connectivity index (χ3n) is 3.83. The lowest BCUT2D eigenvalue weighted by Crippen LogP contribution is -2.46. The van der Waals surface area contributed by atoms with Crippen LogP contribution in [0.4, 0.5) is 0 Å². The molecule has 2 heterocycles. The molecule has 0 amide bonds. The van der Waals surface area contributed by atoms with Crippen LogP contribution in [0.15, 0.2) is 17.5 Å². The summed E-state index contributed by atoms with van der Waals surface area (Å²) in [6.45, 7) is 2.88. The van der Waals surface area contributed by atoms with Gasteiger partial charge in [0.25, 0.3) is 0 Å². The van der Waals surface area contributed by atoms with Gasteiger partial charge in [0, 0.05) is 10.9 Å². The zero-order chi connectivity index (χ0) is 13.7. The van der Waals surface area contributed by atoms with Crippen molar-refractivity contribution in [2.24, 2.45) is 0 Å². The van der Waals surface area contributed by atoms with Crippen LogP contribution in [-0.2, 0) is 16.3 Å². The zero-order valence-corrected chi connectivity index (χ0v) is 13.1. The quantitative estimate of drug-likeness (QED) is 0.878. The molecule has 19 heavy (non-hydrogen) atoms. The molecule has 1 N–H and O–H groups in total. The fraction of sp³-hybridized carbons (Fsp3) is 0.714. The van der Waals surface area contributed by atoms with Gasteiger partial charge < -0.3 is 5.32 Å². The summed E-state index contributed by atoms with van der Waals surface area (Å²) in [5.41, 5.74) is 0. The summed E-state index contributed by atoms with van der Waals surface area (Å²) in [5, 5.41) is 5.29. The van der Waals surface area contributed by atoms with E-state index in [9.17, 15) is 8.42 Å². The standard InChI is InChI=1S/C14H23NO2S2/c1-2-15-13(9-8-12-6-5-10-18-12)14-7-3-4-11-19(14,16)17/h5-6,10,13-15H,2-4,7-9,11H2,1H3. The molecule has 0 spiro atoms. The van der Waals surface area contributed by atoms with E-state index in [0.717, 1.165) is 38.6 Å². The molecule has 2 rings (SSSR count). The molecule has 0 saturated carbocycles. The third-order valence-corrected chi connectivity index (χ3v) is 7.11. The minimum Gasteiger partial charge on any atom is -0.313 e. The maximum absolute atomic E-state index is 12.2. The molecule has 1 aliphatic heterocycles. The van der Waals surface area contributed by atoms with E-state index < -0.39 is 9.84 Å². The Hall–Kier alpha value is -0.390. The number of rotatable bonds is 6. The zero-order valence-electron chi connectivity index (χ0n) is 11.5. The SMILES string of the molecule is CCNC(CCc1cccs1)C1CCCCS1(=O)=O. The Morgan fingerprint density at radius 2 is 2.32 bits per heavy atom. The predicted octanol–water partition coefficient (Wildman–Crippen LogP) is 2.63. The van der Waals surface area contributed by atoms with Gasteiger partial charge in [-0.2, -0.15) is 0 Å². The van der Waals surface area contributed by atoms with E-state index in [1.807, 2.05) is 6.92 Å². The molecule has 1 aromatic heterocycles. The normalized spacial score (nSPS) is 24.2. The van der Waals surface area contributed by atoms with Crippen molar-refractivity contribution in [1.29, 1.82) is 0 Å². The molecular formula is C14H23NO2S2. The Morgan fingerprint density at radius 1 is 1.47 bits per heavy atom. The van der Waals surface area contributed by atoms with Gasteiger partial charge in [0.1, 0.15) is 0 Å². The number of hydrogen-bond acceptors (Lipinski definition) is 4. The van der Waals surface area contributed by atoms with Crippen molar-refractivity contribution < 1.29 is 8.42 Å².